The Kier molecular flexibility index (Phi) is 4.40. The van der Waals surface area contributed by atoms with Gasteiger partial charge in [-0.05, 0) is 32.4 Å². The van der Waals surface area contributed by atoms with Gasteiger partial charge in [0.05, 0.1) is 19.6 Å². The molecule has 0 aliphatic rings. The minimum absolute atomic E-state index is 0.106. The third kappa shape index (κ3) is 2.82. The van der Waals surface area contributed by atoms with Gasteiger partial charge < -0.3 is 19.0 Å². The molecule has 0 spiro atoms. The molecule has 0 saturated carbocycles. The van der Waals surface area contributed by atoms with E-state index in [1.807, 2.05) is 19.9 Å². The minimum atomic E-state index is -0.297. The summed E-state index contributed by atoms with van der Waals surface area (Å²) in [6.45, 7) is 3.94. The molecule has 0 aliphatic heterocycles. The van der Waals surface area contributed by atoms with E-state index >= 15 is 0 Å². The van der Waals surface area contributed by atoms with Crippen LogP contribution in [-0.2, 0) is 6.42 Å². The number of fused-ring (bicyclic) bond motifs is 2. The predicted molar refractivity (Wildman–Crippen MR) is 97.9 cm³/mol. The maximum absolute atomic E-state index is 12.9. The van der Waals surface area contributed by atoms with Crippen LogP contribution in [0.2, 0.25) is 0 Å². The fourth-order valence-electron chi connectivity index (χ4n) is 2.85. The van der Waals surface area contributed by atoms with Crippen molar-refractivity contribution < 1.29 is 19.0 Å². The molecule has 5 nitrogen and oxygen atoms in total. The molecule has 0 bridgehead atoms. The number of rotatable bonds is 4. The maximum atomic E-state index is 12.9. The molecule has 0 unspecified atom stereocenters. The highest BCUT2D eigenvalue weighted by atomic mass is 16.5. The lowest BCUT2D eigenvalue weighted by Gasteiger charge is -2.13. The summed E-state index contributed by atoms with van der Waals surface area (Å²) in [4.78, 5) is 12.9. The van der Waals surface area contributed by atoms with Gasteiger partial charge in [0, 0.05) is 11.6 Å². The lowest BCUT2D eigenvalue weighted by atomic mass is 10.0. The Balaban J connectivity index is 2.42. The first kappa shape index (κ1) is 16.9. The van der Waals surface area contributed by atoms with E-state index in [2.05, 4.69) is 0 Å². The van der Waals surface area contributed by atoms with Gasteiger partial charge in [0.1, 0.15) is 22.5 Å². The molecule has 3 rings (SSSR count). The monoisotopic (exact) mass is 340 g/mol. The SMILES string of the molecule is COc1cc2oc3c(OC)cccc3c(=O)c2c(O)c1CC=C(C)C. The number of hydrogen-bond donors (Lipinski definition) is 1. The maximum Gasteiger partial charge on any atom is 0.204 e. The van der Waals surface area contributed by atoms with E-state index < -0.39 is 0 Å². The Morgan fingerprint density at radius 3 is 2.56 bits per heavy atom. The van der Waals surface area contributed by atoms with Gasteiger partial charge in [-0.2, -0.15) is 0 Å². The number of phenolic OH excluding ortho intramolecular Hbond substituents is 1. The molecule has 1 aromatic heterocycles. The van der Waals surface area contributed by atoms with Gasteiger partial charge in [0.15, 0.2) is 11.3 Å². The van der Waals surface area contributed by atoms with Gasteiger partial charge in [-0.3, -0.25) is 4.79 Å². The van der Waals surface area contributed by atoms with Crippen molar-refractivity contribution in [1.82, 2.24) is 0 Å². The van der Waals surface area contributed by atoms with Crippen LogP contribution in [0.3, 0.4) is 0 Å². The van der Waals surface area contributed by atoms with Gasteiger partial charge in [-0.1, -0.05) is 17.7 Å². The molecule has 0 fully saturated rings. The average molecular weight is 340 g/mol. The van der Waals surface area contributed by atoms with Crippen molar-refractivity contribution in [2.45, 2.75) is 20.3 Å². The number of aromatic hydroxyl groups is 1. The van der Waals surface area contributed by atoms with E-state index in [-0.39, 0.29) is 22.1 Å². The number of ether oxygens (including phenoxy) is 2. The largest absolute Gasteiger partial charge is 0.507 e. The van der Waals surface area contributed by atoms with Crippen LogP contribution in [0.5, 0.6) is 17.2 Å². The quantitative estimate of drug-likeness (QED) is 0.570. The van der Waals surface area contributed by atoms with Crippen LogP contribution in [0.25, 0.3) is 21.9 Å². The standard InChI is InChI=1S/C20H20O5/c1-11(2)8-9-12-15(24-4)10-16-17(18(12)21)19(22)13-6-5-7-14(23-3)20(13)25-16/h5-8,10,21H,9H2,1-4H3. The fraction of sp³-hybridized carbons (Fsp3) is 0.250. The van der Waals surface area contributed by atoms with Crippen LogP contribution in [-0.4, -0.2) is 19.3 Å². The van der Waals surface area contributed by atoms with Gasteiger partial charge in [0.2, 0.25) is 5.43 Å². The fourth-order valence-corrected chi connectivity index (χ4v) is 2.85. The molecule has 2 aromatic carbocycles. The molecule has 1 heterocycles. The van der Waals surface area contributed by atoms with E-state index in [9.17, 15) is 9.90 Å². The Bertz CT molecular complexity index is 1040. The Morgan fingerprint density at radius 2 is 1.92 bits per heavy atom. The van der Waals surface area contributed by atoms with E-state index in [1.54, 1.807) is 24.3 Å². The Morgan fingerprint density at radius 1 is 1.20 bits per heavy atom. The summed E-state index contributed by atoms with van der Waals surface area (Å²) in [5.41, 5.74) is 1.98. The summed E-state index contributed by atoms with van der Waals surface area (Å²) in [5.74, 6) is 0.828. The zero-order valence-corrected chi connectivity index (χ0v) is 14.7. The third-order valence-corrected chi connectivity index (χ3v) is 4.15. The summed E-state index contributed by atoms with van der Waals surface area (Å²) in [6.07, 6.45) is 2.43. The number of para-hydroxylation sites is 1. The molecular formula is C20H20O5. The molecule has 3 aromatic rings. The predicted octanol–water partition coefficient (Wildman–Crippen LogP) is 4.18. The number of allylic oxidation sites excluding steroid dienone is 2. The van der Waals surface area contributed by atoms with Gasteiger partial charge in [0.25, 0.3) is 0 Å². The topological polar surface area (TPSA) is 68.9 Å². The van der Waals surface area contributed by atoms with Gasteiger partial charge in [-0.25, -0.2) is 0 Å². The second-order valence-electron chi connectivity index (χ2n) is 6.03. The van der Waals surface area contributed by atoms with E-state index in [0.29, 0.717) is 34.5 Å². The molecule has 0 atom stereocenters. The lowest BCUT2D eigenvalue weighted by Crippen LogP contribution is -2.05. The molecule has 0 radical (unpaired) electrons. The van der Waals surface area contributed by atoms with Crippen molar-refractivity contribution >= 4 is 21.9 Å². The van der Waals surface area contributed by atoms with Crippen molar-refractivity contribution in [3.05, 3.63) is 51.7 Å². The number of hydrogen-bond acceptors (Lipinski definition) is 5. The first-order valence-corrected chi connectivity index (χ1v) is 7.93. The second-order valence-corrected chi connectivity index (χ2v) is 6.03. The van der Waals surface area contributed by atoms with E-state index in [4.69, 9.17) is 13.9 Å². The van der Waals surface area contributed by atoms with Crippen molar-refractivity contribution in [2.75, 3.05) is 14.2 Å². The van der Waals surface area contributed by atoms with Crippen molar-refractivity contribution in [1.29, 1.82) is 0 Å². The second kappa shape index (κ2) is 6.51. The summed E-state index contributed by atoms with van der Waals surface area (Å²) in [6, 6.07) is 6.73. The van der Waals surface area contributed by atoms with Crippen LogP contribution in [0.4, 0.5) is 0 Å². The number of methoxy groups -OCH3 is 2. The summed E-state index contributed by atoms with van der Waals surface area (Å²) in [7, 11) is 3.03. The van der Waals surface area contributed by atoms with Gasteiger partial charge >= 0.3 is 0 Å². The third-order valence-electron chi connectivity index (χ3n) is 4.15. The van der Waals surface area contributed by atoms with Crippen LogP contribution in [0.15, 0.2) is 45.1 Å². The van der Waals surface area contributed by atoms with Crippen LogP contribution < -0.4 is 14.9 Å². The highest BCUT2D eigenvalue weighted by Crippen LogP contribution is 2.37. The number of phenols is 1. The van der Waals surface area contributed by atoms with Crippen molar-refractivity contribution in [3.8, 4) is 17.2 Å². The van der Waals surface area contributed by atoms with E-state index in [0.717, 1.165) is 5.57 Å². The highest BCUT2D eigenvalue weighted by molar-refractivity contribution is 5.96. The molecule has 0 saturated heterocycles. The average Bonchev–Trinajstić information content (AvgIpc) is 2.59. The lowest BCUT2D eigenvalue weighted by molar-refractivity contribution is 0.400. The summed E-state index contributed by atoms with van der Waals surface area (Å²) < 4.78 is 16.5. The minimum Gasteiger partial charge on any atom is -0.507 e. The first-order valence-electron chi connectivity index (χ1n) is 7.93. The Hall–Kier alpha value is -2.95. The van der Waals surface area contributed by atoms with Crippen molar-refractivity contribution in [2.24, 2.45) is 0 Å². The molecular weight excluding hydrogens is 320 g/mol. The normalized spacial score (nSPS) is 10.9. The van der Waals surface area contributed by atoms with Gasteiger partial charge in [-0.15, -0.1) is 0 Å². The Labute approximate surface area is 145 Å². The zero-order chi connectivity index (χ0) is 18.1. The smallest absolute Gasteiger partial charge is 0.204 e. The highest BCUT2D eigenvalue weighted by Gasteiger charge is 2.20. The van der Waals surface area contributed by atoms with E-state index in [1.165, 1.54) is 14.2 Å². The zero-order valence-electron chi connectivity index (χ0n) is 14.7. The molecule has 0 amide bonds. The van der Waals surface area contributed by atoms with Crippen LogP contribution in [0, 0.1) is 0 Å². The number of benzene rings is 2. The summed E-state index contributed by atoms with van der Waals surface area (Å²) >= 11 is 0. The first-order chi connectivity index (χ1) is 12.0. The van der Waals surface area contributed by atoms with Crippen LogP contribution >= 0.6 is 0 Å². The van der Waals surface area contributed by atoms with Crippen LogP contribution in [0.1, 0.15) is 19.4 Å². The molecule has 1 N–H and O–H groups in total. The molecule has 0 aliphatic carbocycles. The molecule has 5 heteroatoms. The van der Waals surface area contributed by atoms with Crippen molar-refractivity contribution in [3.63, 3.8) is 0 Å². The molecule has 130 valence electrons. The molecule has 25 heavy (non-hydrogen) atoms. The summed E-state index contributed by atoms with van der Waals surface area (Å²) in [5, 5.41) is 11.3.